The van der Waals surface area contributed by atoms with E-state index < -0.39 is 10.8 Å². The van der Waals surface area contributed by atoms with Crippen LogP contribution in [0.5, 0.6) is 0 Å². The summed E-state index contributed by atoms with van der Waals surface area (Å²) in [7, 11) is 2.08. The summed E-state index contributed by atoms with van der Waals surface area (Å²) in [6, 6.07) is 10.1. The molecule has 0 bridgehead atoms. The number of hydrogen-bond acceptors (Lipinski definition) is 6. The number of carbonyl (C=O) groups is 1. The highest BCUT2D eigenvalue weighted by Gasteiger charge is 2.25. The smallest absolute Gasteiger partial charge is 0.293 e. The second-order valence-electron chi connectivity index (χ2n) is 8.39. The Hall–Kier alpha value is -2.84. The average Bonchev–Trinajstić information content (AvgIpc) is 2.80. The number of para-hydroxylation sites is 1. The Morgan fingerprint density at radius 3 is 2.41 bits per heavy atom. The van der Waals surface area contributed by atoms with Gasteiger partial charge >= 0.3 is 0 Å². The number of hydrogen-bond donors (Lipinski definition) is 1. The molecule has 0 radical (unpaired) electrons. The van der Waals surface area contributed by atoms with E-state index in [1.165, 1.54) is 6.07 Å². The van der Waals surface area contributed by atoms with Crippen LogP contribution in [0.1, 0.15) is 29.6 Å². The SMILES string of the molecule is CN1CCN(c2c(Cl)cccc2NC(=O)c2ccc(N3CCCCC3)c([N+](=O)[O-])c2)CC1. The Kier molecular flexibility index (Phi) is 6.81. The number of anilines is 3. The minimum atomic E-state index is -0.407. The topological polar surface area (TPSA) is 82.0 Å². The first-order valence-electron chi connectivity index (χ1n) is 11.0. The number of piperidine rings is 1. The first-order valence-corrected chi connectivity index (χ1v) is 11.4. The second-order valence-corrected chi connectivity index (χ2v) is 8.80. The van der Waals surface area contributed by atoms with E-state index in [9.17, 15) is 14.9 Å². The van der Waals surface area contributed by atoms with Crippen molar-refractivity contribution in [3.63, 3.8) is 0 Å². The van der Waals surface area contributed by atoms with Crippen molar-refractivity contribution in [2.45, 2.75) is 19.3 Å². The zero-order valence-electron chi connectivity index (χ0n) is 18.2. The minimum absolute atomic E-state index is 0.0371. The van der Waals surface area contributed by atoms with Gasteiger partial charge in [0.05, 0.1) is 21.3 Å². The molecule has 2 fully saturated rings. The van der Waals surface area contributed by atoms with E-state index in [-0.39, 0.29) is 11.3 Å². The van der Waals surface area contributed by atoms with Crippen LogP contribution < -0.4 is 15.1 Å². The number of benzene rings is 2. The van der Waals surface area contributed by atoms with Crippen LogP contribution in [0, 0.1) is 10.1 Å². The predicted octanol–water partition coefficient (Wildman–Crippen LogP) is 4.24. The van der Waals surface area contributed by atoms with Crippen LogP contribution in [0.15, 0.2) is 36.4 Å². The Bertz CT molecular complexity index is 1000. The van der Waals surface area contributed by atoms with E-state index in [1.54, 1.807) is 18.2 Å². The summed E-state index contributed by atoms with van der Waals surface area (Å²) in [6.45, 7) is 5.01. The molecule has 0 aromatic heterocycles. The highest BCUT2D eigenvalue weighted by atomic mass is 35.5. The van der Waals surface area contributed by atoms with Gasteiger partial charge in [-0.05, 0) is 50.6 Å². The van der Waals surface area contributed by atoms with Gasteiger partial charge in [0.25, 0.3) is 11.6 Å². The monoisotopic (exact) mass is 457 g/mol. The van der Waals surface area contributed by atoms with E-state index in [4.69, 9.17) is 11.6 Å². The Labute approximate surface area is 192 Å². The van der Waals surface area contributed by atoms with Crippen LogP contribution in [0.3, 0.4) is 0 Å². The molecule has 0 spiro atoms. The van der Waals surface area contributed by atoms with Crippen LogP contribution in [0.2, 0.25) is 5.02 Å². The quantitative estimate of drug-likeness (QED) is 0.534. The molecule has 4 rings (SSSR count). The van der Waals surface area contributed by atoms with Gasteiger partial charge in [0, 0.05) is 50.9 Å². The minimum Gasteiger partial charge on any atom is -0.366 e. The fraction of sp³-hybridized carbons (Fsp3) is 0.435. The fourth-order valence-electron chi connectivity index (χ4n) is 4.38. The zero-order chi connectivity index (χ0) is 22.7. The van der Waals surface area contributed by atoms with Crippen molar-refractivity contribution in [3.8, 4) is 0 Å². The lowest BCUT2D eigenvalue weighted by Gasteiger charge is -2.35. The number of likely N-dealkylation sites (N-methyl/N-ethyl adjacent to an activating group) is 1. The highest BCUT2D eigenvalue weighted by molar-refractivity contribution is 6.34. The van der Waals surface area contributed by atoms with Gasteiger partial charge in [0.2, 0.25) is 0 Å². The van der Waals surface area contributed by atoms with Crippen molar-refractivity contribution in [2.24, 2.45) is 0 Å². The molecule has 2 aromatic carbocycles. The summed E-state index contributed by atoms with van der Waals surface area (Å²) >= 11 is 6.50. The van der Waals surface area contributed by atoms with Crippen molar-refractivity contribution in [1.82, 2.24) is 4.90 Å². The van der Waals surface area contributed by atoms with Gasteiger partial charge in [-0.25, -0.2) is 0 Å². The van der Waals surface area contributed by atoms with Crippen LogP contribution in [0.25, 0.3) is 0 Å². The van der Waals surface area contributed by atoms with Crippen LogP contribution in [-0.2, 0) is 0 Å². The standard InChI is InChI=1S/C23H28ClN5O3/c1-26-12-14-28(15-13-26)22-18(24)6-5-7-19(22)25-23(30)17-8-9-20(21(16-17)29(31)32)27-10-3-2-4-11-27/h5-9,16H,2-4,10-15H2,1H3,(H,25,30). The summed E-state index contributed by atoms with van der Waals surface area (Å²) in [5.41, 5.74) is 2.18. The van der Waals surface area contributed by atoms with Crippen molar-refractivity contribution in [2.75, 3.05) is 61.4 Å². The normalized spacial score (nSPS) is 17.3. The summed E-state index contributed by atoms with van der Waals surface area (Å²) in [4.78, 5) is 30.8. The summed E-state index contributed by atoms with van der Waals surface area (Å²) < 4.78 is 0. The maximum Gasteiger partial charge on any atom is 0.293 e. The zero-order valence-corrected chi connectivity index (χ0v) is 19.0. The molecule has 1 amide bonds. The van der Waals surface area contributed by atoms with Crippen molar-refractivity contribution in [1.29, 1.82) is 0 Å². The van der Waals surface area contributed by atoms with E-state index in [1.807, 2.05) is 17.0 Å². The first kappa shape index (κ1) is 22.4. The number of rotatable bonds is 5. The van der Waals surface area contributed by atoms with Crippen LogP contribution >= 0.6 is 11.6 Å². The largest absolute Gasteiger partial charge is 0.366 e. The molecule has 2 heterocycles. The molecule has 0 atom stereocenters. The molecule has 2 aliphatic heterocycles. The number of nitro benzene ring substituents is 1. The maximum absolute atomic E-state index is 13.1. The lowest BCUT2D eigenvalue weighted by atomic mass is 10.1. The molecule has 9 heteroatoms. The molecule has 0 unspecified atom stereocenters. The third-order valence-electron chi connectivity index (χ3n) is 6.19. The van der Waals surface area contributed by atoms with Gasteiger partial charge in [-0.2, -0.15) is 0 Å². The molecule has 0 aliphatic carbocycles. The molecular weight excluding hydrogens is 430 g/mol. The van der Waals surface area contributed by atoms with Crippen molar-refractivity contribution in [3.05, 3.63) is 57.1 Å². The van der Waals surface area contributed by atoms with E-state index in [0.29, 0.717) is 16.4 Å². The van der Waals surface area contributed by atoms with E-state index in [0.717, 1.165) is 64.2 Å². The third kappa shape index (κ3) is 4.81. The van der Waals surface area contributed by atoms with Crippen molar-refractivity contribution >= 4 is 40.3 Å². The Morgan fingerprint density at radius 2 is 1.72 bits per heavy atom. The van der Waals surface area contributed by atoms with Gasteiger partial charge < -0.3 is 20.0 Å². The average molecular weight is 458 g/mol. The molecule has 2 aromatic rings. The number of halogens is 1. The number of carbonyl (C=O) groups excluding carboxylic acids is 1. The third-order valence-corrected chi connectivity index (χ3v) is 6.49. The molecule has 170 valence electrons. The predicted molar refractivity (Wildman–Crippen MR) is 128 cm³/mol. The molecule has 8 nitrogen and oxygen atoms in total. The number of nitrogens with zero attached hydrogens (tertiary/aromatic N) is 4. The molecule has 1 N–H and O–H groups in total. The van der Waals surface area contributed by atoms with Gasteiger partial charge in [-0.3, -0.25) is 14.9 Å². The second kappa shape index (κ2) is 9.75. The lowest BCUT2D eigenvalue weighted by molar-refractivity contribution is -0.384. The van der Waals surface area contributed by atoms with Crippen LogP contribution in [-0.4, -0.2) is 62.0 Å². The number of nitrogens with one attached hydrogen (secondary N) is 1. The van der Waals surface area contributed by atoms with Gasteiger partial charge in [-0.1, -0.05) is 17.7 Å². The van der Waals surface area contributed by atoms with Gasteiger partial charge in [0.15, 0.2) is 0 Å². The Morgan fingerprint density at radius 1 is 1.00 bits per heavy atom. The molecule has 2 saturated heterocycles. The summed E-state index contributed by atoms with van der Waals surface area (Å²) in [5.74, 6) is -0.393. The maximum atomic E-state index is 13.1. The Balaban J connectivity index is 1.59. The van der Waals surface area contributed by atoms with Gasteiger partial charge in [-0.15, -0.1) is 0 Å². The summed E-state index contributed by atoms with van der Waals surface area (Å²) in [6.07, 6.45) is 3.17. The number of amides is 1. The lowest BCUT2D eigenvalue weighted by Crippen LogP contribution is -2.44. The summed E-state index contributed by atoms with van der Waals surface area (Å²) in [5, 5.41) is 15.2. The van der Waals surface area contributed by atoms with Gasteiger partial charge in [0.1, 0.15) is 5.69 Å². The molecule has 2 aliphatic rings. The molecular formula is C23H28ClN5O3. The van der Waals surface area contributed by atoms with E-state index in [2.05, 4.69) is 22.2 Å². The highest BCUT2D eigenvalue weighted by Crippen LogP contribution is 2.36. The van der Waals surface area contributed by atoms with E-state index >= 15 is 0 Å². The molecule has 32 heavy (non-hydrogen) atoms. The molecule has 0 saturated carbocycles. The fourth-order valence-corrected chi connectivity index (χ4v) is 4.67. The number of nitro groups is 1. The number of piperazine rings is 1. The van der Waals surface area contributed by atoms with Crippen LogP contribution in [0.4, 0.5) is 22.7 Å². The first-order chi connectivity index (χ1) is 15.4. The van der Waals surface area contributed by atoms with Crippen molar-refractivity contribution < 1.29 is 9.72 Å².